The Balaban J connectivity index is 1.02. The Morgan fingerprint density at radius 3 is 1.27 bits per heavy atom. The minimum Gasteiger partial charge on any atom is -0.507 e. The molecule has 0 saturated carbocycles. The summed E-state index contributed by atoms with van der Waals surface area (Å²) in [5.41, 5.74) is 11.2. The second-order valence-electron chi connectivity index (χ2n) is 14.4. The quantitative estimate of drug-likeness (QED) is 0.138. The first-order valence-electron chi connectivity index (χ1n) is 18.9. The van der Waals surface area contributed by atoms with E-state index in [9.17, 15) is 10.2 Å². The Bertz CT molecular complexity index is 2520. The zero-order valence-electron chi connectivity index (χ0n) is 31.7. The fourth-order valence-corrected chi connectivity index (χ4v) is 7.78. The highest BCUT2D eigenvalue weighted by atomic mass is 16.5. The molecule has 4 nitrogen and oxygen atoms in total. The molecule has 2 N–H and O–H groups in total. The van der Waals surface area contributed by atoms with Crippen molar-refractivity contribution < 1.29 is 19.7 Å². The number of para-hydroxylation sites is 2. The first-order valence-corrected chi connectivity index (χ1v) is 18.9. The molecule has 0 aromatic heterocycles. The summed E-state index contributed by atoms with van der Waals surface area (Å²) < 4.78 is 12.8. The van der Waals surface area contributed by atoms with Crippen LogP contribution in [0.25, 0.3) is 66.1 Å². The molecule has 0 aliphatic carbocycles. The summed E-state index contributed by atoms with van der Waals surface area (Å²) >= 11 is 0. The second kappa shape index (κ2) is 15.1. The Morgan fingerprint density at radius 1 is 0.400 bits per heavy atom. The van der Waals surface area contributed by atoms with E-state index in [-0.39, 0.29) is 11.5 Å². The van der Waals surface area contributed by atoms with Crippen molar-refractivity contribution in [1.29, 1.82) is 0 Å². The zero-order chi connectivity index (χ0) is 38.1. The van der Waals surface area contributed by atoms with E-state index in [1.165, 1.54) is 0 Å². The summed E-state index contributed by atoms with van der Waals surface area (Å²) in [6.07, 6.45) is 0.628. The fourth-order valence-electron chi connectivity index (χ4n) is 7.78. The van der Waals surface area contributed by atoms with Gasteiger partial charge in [0.15, 0.2) is 0 Å². The molecule has 0 bridgehead atoms. The van der Waals surface area contributed by atoms with Gasteiger partial charge in [-0.3, -0.25) is 0 Å². The van der Waals surface area contributed by atoms with Gasteiger partial charge in [0.25, 0.3) is 0 Å². The number of fused-ring (bicyclic) bond motifs is 2. The molecular formula is C51H44O4. The number of rotatable bonds is 10. The zero-order valence-corrected chi connectivity index (χ0v) is 31.7. The molecule has 0 atom stereocenters. The number of ether oxygens (including phenoxy) is 2. The maximum absolute atomic E-state index is 11.8. The topological polar surface area (TPSA) is 58.9 Å². The van der Waals surface area contributed by atoms with E-state index in [1.807, 2.05) is 98.8 Å². The molecule has 0 radical (unpaired) electrons. The van der Waals surface area contributed by atoms with Crippen molar-refractivity contribution in [3.8, 4) is 67.5 Å². The van der Waals surface area contributed by atoms with Gasteiger partial charge in [0, 0.05) is 39.8 Å². The Hall–Kier alpha value is -6.52. The van der Waals surface area contributed by atoms with Gasteiger partial charge in [-0.2, -0.15) is 0 Å². The van der Waals surface area contributed by atoms with Crippen LogP contribution in [0.2, 0.25) is 0 Å². The molecule has 8 aromatic rings. The molecule has 4 heteroatoms. The predicted molar refractivity (Wildman–Crippen MR) is 228 cm³/mol. The van der Waals surface area contributed by atoms with Crippen LogP contribution in [0.15, 0.2) is 146 Å². The van der Waals surface area contributed by atoms with Gasteiger partial charge < -0.3 is 19.7 Å². The third kappa shape index (κ3) is 6.88. The fraction of sp³-hybridized carbons (Fsp3) is 0.137. The average Bonchev–Trinajstić information content (AvgIpc) is 3.19. The Kier molecular flexibility index (Phi) is 9.73. The van der Waals surface area contributed by atoms with Crippen molar-refractivity contribution in [2.75, 3.05) is 13.2 Å². The SMILES string of the molecule is Cc1ccc(OCCCOc2ccc(C)cc2-c2cccc(-c3c(C)ccc4ccccc34)c2O)c(-c2cccc(-c3c(C)ccc4ccccc34)c2O)c1. The van der Waals surface area contributed by atoms with Crippen LogP contribution in [0.5, 0.6) is 23.0 Å². The maximum Gasteiger partial charge on any atom is 0.131 e. The van der Waals surface area contributed by atoms with Gasteiger partial charge in [0.05, 0.1) is 13.2 Å². The highest BCUT2D eigenvalue weighted by molar-refractivity contribution is 6.02. The first kappa shape index (κ1) is 35.5. The Labute approximate surface area is 322 Å². The summed E-state index contributed by atoms with van der Waals surface area (Å²) in [5.74, 6) is 1.87. The van der Waals surface area contributed by atoms with Crippen molar-refractivity contribution in [2.24, 2.45) is 0 Å². The lowest BCUT2D eigenvalue weighted by Gasteiger charge is -2.18. The molecular weight excluding hydrogens is 677 g/mol. The summed E-state index contributed by atoms with van der Waals surface area (Å²) in [5, 5.41) is 28.2. The van der Waals surface area contributed by atoms with Crippen molar-refractivity contribution in [2.45, 2.75) is 34.1 Å². The van der Waals surface area contributed by atoms with Gasteiger partial charge >= 0.3 is 0 Å². The molecule has 272 valence electrons. The number of phenolic OH excluding ortho intramolecular Hbond substituents is 2. The summed E-state index contributed by atoms with van der Waals surface area (Å²) in [4.78, 5) is 0. The van der Waals surface area contributed by atoms with Crippen LogP contribution in [0.3, 0.4) is 0 Å². The number of aryl methyl sites for hydroxylation is 4. The summed E-state index contributed by atoms with van der Waals surface area (Å²) in [6, 6.07) is 49.1. The first-order chi connectivity index (χ1) is 26.8. The smallest absolute Gasteiger partial charge is 0.131 e. The van der Waals surface area contributed by atoms with Crippen molar-refractivity contribution in [3.05, 3.63) is 168 Å². The molecule has 55 heavy (non-hydrogen) atoms. The predicted octanol–water partition coefficient (Wildman–Crippen LogP) is 13.2. The van der Waals surface area contributed by atoms with Gasteiger partial charge in [-0.15, -0.1) is 0 Å². The van der Waals surface area contributed by atoms with Crippen LogP contribution in [0.1, 0.15) is 28.7 Å². The van der Waals surface area contributed by atoms with Crippen molar-refractivity contribution in [1.82, 2.24) is 0 Å². The number of benzene rings is 8. The monoisotopic (exact) mass is 720 g/mol. The van der Waals surface area contributed by atoms with Crippen LogP contribution in [-0.2, 0) is 0 Å². The molecule has 8 aromatic carbocycles. The van der Waals surface area contributed by atoms with Gasteiger partial charge in [-0.05, 0) is 95.8 Å². The van der Waals surface area contributed by atoms with Gasteiger partial charge in [-0.1, -0.05) is 132 Å². The highest BCUT2D eigenvalue weighted by Gasteiger charge is 2.20. The summed E-state index contributed by atoms with van der Waals surface area (Å²) in [7, 11) is 0. The van der Waals surface area contributed by atoms with E-state index in [0.717, 1.165) is 88.3 Å². The maximum atomic E-state index is 11.8. The van der Waals surface area contributed by atoms with E-state index in [0.29, 0.717) is 31.1 Å². The third-order valence-corrected chi connectivity index (χ3v) is 10.5. The molecule has 0 aliphatic heterocycles. The summed E-state index contributed by atoms with van der Waals surface area (Å²) in [6.45, 7) is 9.11. The average molecular weight is 721 g/mol. The number of hydrogen-bond donors (Lipinski definition) is 2. The normalized spacial score (nSPS) is 11.3. The van der Waals surface area contributed by atoms with Crippen molar-refractivity contribution >= 4 is 21.5 Å². The van der Waals surface area contributed by atoms with Gasteiger partial charge in [0.2, 0.25) is 0 Å². The molecule has 0 unspecified atom stereocenters. The number of phenols is 2. The molecule has 0 spiro atoms. The number of aromatic hydroxyl groups is 2. The molecule has 0 saturated heterocycles. The second-order valence-corrected chi connectivity index (χ2v) is 14.4. The van der Waals surface area contributed by atoms with E-state index in [1.54, 1.807) is 0 Å². The lowest BCUT2D eigenvalue weighted by atomic mass is 9.90. The third-order valence-electron chi connectivity index (χ3n) is 10.5. The highest BCUT2D eigenvalue weighted by Crippen LogP contribution is 2.46. The van der Waals surface area contributed by atoms with Crippen LogP contribution in [-0.4, -0.2) is 23.4 Å². The molecule has 0 aliphatic rings. The molecule has 8 rings (SSSR count). The minimum atomic E-state index is 0.232. The van der Waals surface area contributed by atoms with Crippen molar-refractivity contribution in [3.63, 3.8) is 0 Å². The lowest BCUT2D eigenvalue weighted by molar-refractivity contribution is 0.248. The van der Waals surface area contributed by atoms with Crippen LogP contribution in [0, 0.1) is 27.7 Å². The lowest BCUT2D eigenvalue weighted by Crippen LogP contribution is -2.06. The van der Waals surface area contributed by atoms with E-state index >= 15 is 0 Å². The van der Waals surface area contributed by atoms with Crippen LogP contribution < -0.4 is 9.47 Å². The van der Waals surface area contributed by atoms with E-state index in [4.69, 9.17) is 9.47 Å². The number of hydrogen-bond acceptors (Lipinski definition) is 4. The molecule has 0 heterocycles. The van der Waals surface area contributed by atoms with Gasteiger partial charge in [0.1, 0.15) is 23.0 Å². The minimum absolute atomic E-state index is 0.232. The van der Waals surface area contributed by atoms with Crippen LogP contribution in [0.4, 0.5) is 0 Å². The molecule has 0 fully saturated rings. The van der Waals surface area contributed by atoms with E-state index < -0.39 is 0 Å². The van der Waals surface area contributed by atoms with Gasteiger partial charge in [-0.25, -0.2) is 0 Å². The molecule has 0 amide bonds. The largest absolute Gasteiger partial charge is 0.507 e. The Morgan fingerprint density at radius 2 is 0.818 bits per heavy atom. The standard InChI is InChI=1S/C51H44O4/c1-32-20-26-46(44(30-32)40-16-9-18-42(50(40)52)48-34(3)22-24-36-12-5-7-14-38(36)48)54-28-11-29-55-47-27-21-33(2)31-45(47)41-17-10-19-43(51(41)53)49-35(4)23-25-37-13-6-8-15-39(37)49/h5-10,12-27,30-31,52-53H,11,28-29H2,1-4H3. The van der Waals surface area contributed by atoms with Crippen LogP contribution >= 0.6 is 0 Å². The van der Waals surface area contributed by atoms with E-state index in [2.05, 4.69) is 74.5 Å².